The lowest BCUT2D eigenvalue weighted by molar-refractivity contribution is 0.130. The number of aryl methyl sites for hydroxylation is 1. The number of aliphatic hydroxyl groups is 1. The number of nitrogens with zero attached hydrogens (tertiary/aromatic N) is 4. The first kappa shape index (κ1) is 30.6. The van der Waals surface area contributed by atoms with Crippen LogP contribution < -0.4 is 21.2 Å². The average Bonchev–Trinajstić information content (AvgIpc) is 2.94. The molecule has 2 N–H and O–H groups in total. The molecule has 3 heterocycles. The van der Waals surface area contributed by atoms with Gasteiger partial charge in [0.05, 0.1) is 29.6 Å². The summed E-state index contributed by atoms with van der Waals surface area (Å²) in [5.74, 6) is 0.417. The second-order valence-electron chi connectivity index (χ2n) is 12.7. The van der Waals surface area contributed by atoms with Gasteiger partial charge in [-0.25, -0.2) is 14.1 Å². The standard InChI is InChI=1S/C34H36FN5O4/c1-33(2,3)21-15-20-13-14-40(32(43)30(20)25(35)16-21)28-10-8-9-23(24(28)19-41)26-17-27(31(42)39(7)38-26)37-29-12-11-22(18-36-29)44-34(4,5)6/h8-18,41H,19H2,1-7H3,(H,36,37). The molecule has 0 atom stereocenters. The lowest BCUT2D eigenvalue weighted by Crippen LogP contribution is -2.24. The predicted octanol–water partition coefficient (Wildman–Crippen LogP) is 6.00. The lowest BCUT2D eigenvalue weighted by atomic mass is 9.86. The highest BCUT2D eigenvalue weighted by atomic mass is 19.1. The van der Waals surface area contributed by atoms with Gasteiger partial charge in [0.1, 0.15) is 28.7 Å². The highest BCUT2D eigenvalue weighted by Gasteiger charge is 2.21. The summed E-state index contributed by atoms with van der Waals surface area (Å²) >= 11 is 0. The van der Waals surface area contributed by atoms with Crippen LogP contribution in [0, 0.1) is 5.82 Å². The minimum Gasteiger partial charge on any atom is -0.487 e. The first-order chi connectivity index (χ1) is 20.7. The number of benzene rings is 2. The highest BCUT2D eigenvalue weighted by Crippen LogP contribution is 2.30. The second kappa shape index (κ2) is 11.3. The van der Waals surface area contributed by atoms with Crippen LogP contribution in [0.4, 0.5) is 15.9 Å². The Labute approximate surface area is 254 Å². The molecule has 0 radical (unpaired) electrons. The quantitative estimate of drug-likeness (QED) is 0.247. The van der Waals surface area contributed by atoms with Crippen LogP contribution in [0.25, 0.3) is 27.7 Å². The van der Waals surface area contributed by atoms with Crippen molar-refractivity contribution in [2.45, 2.75) is 59.2 Å². The minimum atomic E-state index is -0.601. The fourth-order valence-electron chi connectivity index (χ4n) is 4.99. The van der Waals surface area contributed by atoms with Crippen molar-refractivity contribution in [3.8, 4) is 22.7 Å². The molecule has 0 saturated carbocycles. The number of rotatable bonds is 6. The Balaban J connectivity index is 1.57. The number of hydrogen-bond acceptors (Lipinski definition) is 7. The Kier molecular flexibility index (Phi) is 7.90. The molecule has 0 unspecified atom stereocenters. The van der Waals surface area contributed by atoms with Gasteiger partial charge in [-0.3, -0.25) is 14.2 Å². The molecule has 44 heavy (non-hydrogen) atoms. The molecule has 5 rings (SSSR count). The number of hydrogen-bond donors (Lipinski definition) is 2. The van der Waals surface area contributed by atoms with Gasteiger partial charge in [-0.05, 0) is 73.5 Å². The highest BCUT2D eigenvalue weighted by molar-refractivity contribution is 5.84. The van der Waals surface area contributed by atoms with Crippen molar-refractivity contribution in [1.82, 2.24) is 19.3 Å². The fourth-order valence-corrected chi connectivity index (χ4v) is 4.99. The maximum Gasteiger partial charge on any atom is 0.290 e. The molecule has 0 saturated heterocycles. The van der Waals surface area contributed by atoms with E-state index in [-0.39, 0.29) is 27.6 Å². The van der Waals surface area contributed by atoms with E-state index >= 15 is 4.39 Å². The normalized spacial score (nSPS) is 12.0. The zero-order chi connectivity index (χ0) is 32.0. The molecular formula is C34H36FN5O4. The number of aromatic nitrogens is 4. The predicted molar refractivity (Wildman–Crippen MR) is 170 cm³/mol. The van der Waals surface area contributed by atoms with Crippen LogP contribution in [0.15, 0.2) is 76.6 Å². The Hall–Kier alpha value is -4.83. The second-order valence-corrected chi connectivity index (χ2v) is 12.7. The Bertz CT molecular complexity index is 1980. The van der Waals surface area contributed by atoms with Crippen LogP contribution in [-0.2, 0) is 19.1 Å². The molecule has 0 spiro atoms. The number of nitrogens with one attached hydrogen (secondary N) is 1. The third-order valence-corrected chi connectivity index (χ3v) is 7.15. The lowest BCUT2D eigenvalue weighted by Gasteiger charge is -2.21. The summed E-state index contributed by atoms with van der Waals surface area (Å²) in [6, 6.07) is 15.1. The average molecular weight is 598 g/mol. The molecule has 0 bridgehead atoms. The van der Waals surface area contributed by atoms with Gasteiger partial charge in [-0.15, -0.1) is 0 Å². The number of pyridine rings is 2. The summed E-state index contributed by atoms with van der Waals surface area (Å²) in [5, 5.41) is 18.5. The smallest absolute Gasteiger partial charge is 0.290 e. The first-order valence-corrected chi connectivity index (χ1v) is 14.3. The minimum absolute atomic E-state index is 0.0343. The van der Waals surface area contributed by atoms with Crippen molar-refractivity contribution in [3.63, 3.8) is 0 Å². The summed E-state index contributed by atoms with van der Waals surface area (Å²) in [7, 11) is 1.52. The number of anilines is 2. The van der Waals surface area contributed by atoms with E-state index < -0.39 is 18.0 Å². The topological polar surface area (TPSA) is 111 Å². The molecule has 0 aliphatic carbocycles. The molecule has 9 nitrogen and oxygen atoms in total. The fraction of sp³-hybridized carbons (Fsp3) is 0.294. The van der Waals surface area contributed by atoms with E-state index in [4.69, 9.17) is 4.74 Å². The summed E-state index contributed by atoms with van der Waals surface area (Å²) in [4.78, 5) is 31.0. The van der Waals surface area contributed by atoms with Crippen molar-refractivity contribution in [2.75, 3.05) is 5.32 Å². The van der Waals surface area contributed by atoms with Gasteiger partial charge in [0.15, 0.2) is 0 Å². The Morgan fingerprint density at radius 3 is 2.36 bits per heavy atom. The molecule has 228 valence electrons. The van der Waals surface area contributed by atoms with Gasteiger partial charge in [0, 0.05) is 24.4 Å². The summed E-state index contributed by atoms with van der Waals surface area (Å²) in [6.45, 7) is 11.3. The SMILES string of the molecule is Cn1nc(-c2cccc(-n3ccc4cc(C(C)(C)C)cc(F)c4c3=O)c2CO)cc(Nc2ccc(OC(C)(C)C)cn2)c1=O. The molecule has 0 amide bonds. The van der Waals surface area contributed by atoms with Gasteiger partial charge in [0.25, 0.3) is 11.1 Å². The van der Waals surface area contributed by atoms with Gasteiger partial charge >= 0.3 is 0 Å². The first-order valence-electron chi connectivity index (χ1n) is 14.3. The van der Waals surface area contributed by atoms with Crippen molar-refractivity contribution in [1.29, 1.82) is 0 Å². The third kappa shape index (κ3) is 6.12. The molecule has 0 fully saturated rings. The van der Waals surface area contributed by atoms with Crippen LogP contribution in [0.1, 0.15) is 52.7 Å². The van der Waals surface area contributed by atoms with E-state index in [1.165, 1.54) is 22.4 Å². The van der Waals surface area contributed by atoms with E-state index in [9.17, 15) is 14.7 Å². The van der Waals surface area contributed by atoms with Crippen LogP contribution in [0.5, 0.6) is 5.75 Å². The molecule has 5 aromatic rings. The van der Waals surface area contributed by atoms with Crippen molar-refractivity contribution in [2.24, 2.45) is 7.05 Å². The van der Waals surface area contributed by atoms with Crippen LogP contribution in [-0.4, -0.2) is 30.0 Å². The Morgan fingerprint density at radius 1 is 0.977 bits per heavy atom. The van der Waals surface area contributed by atoms with E-state index in [1.807, 2.05) is 47.6 Å². The molecular weight excluding hydrogens is 561 g/mol. The van der Waals surface area contributed by atoms with E-state index in [2.05, 4.69) is 15.4 Å². The van der Waals surface area contributed by atoms with Crippen molar-refractivity contribution in [3.05, 3.63) is 105 Å². The monoisotopic (exact) mass is 597 g/mol. The Morgan fingerprint density at radius 2 is 1.73 bits per heavy atom. The van der Waals surface area contributed by atoms with Crippen LogP contribution in [0.3, 0.4) is 0 Å². The van der Waals surface area contributed by atoms with Crippen LogP contribution in [0.2, 0.25) is 0 Å². The number of ether oxygens (including phenoxy) is 1. The zero-order valence-electron chi connectivity index (χ0n) is 25.9. The van der Waals surface area contributed by atoms with E-state index in [0.29, 0.717) is 39.5 Å². The van der Waals surface area contributed by atoms with E-state index in [0.717, 1.165) is 5.56 Å². The summed E-state index contributed by atoms with van der Waals surface area (Å²) < 4.78 is 23.7. The maximum atomic E-state index is 15.3. The third-order valence-electron chi connectivity index (χ3n) is 7.15. The molecule has 2 aromatic carbocycles. The van der Waals surface area contributed by atoms with Gasteiger partial charge in [0.2, 0.25) is 0 Å². The maximum absolute atomic E-state index is 15.3. The summed E-state index contributed by atoms with van der Waals surface area (Å²) in [6.07, 6.45) is 3.15. The van der Waals surface area contributed by atoms with E-state index in [1.54, 1.807) is 54.9 Å². The number of fused-ring (bicyclic) bond motifs is 1. The summed E-state index contributed by atoms with van der Waals surface area (Å²) in [5.41, 5.74) is 1.03. The number of aliphatic hydroxyl groups excluding tert-OH is 1. The molecule has 3 aromatic heterocycles. The number of halogens is 1. The van der Waals surface area contributed by atoms with Gasteiger partial charge in [-0.1, -0.05) is 39.0 Å². The molecule has 0 aliphatic rings. The molecule has 10 heteroatoms. The van der Waals surface area contributed by atoms with Crippen molar-refractivity contribution < 1.29 is 14.2 Å². The molecule has 0 aliphatic heterocycles. The zero-order valence-corrected chi connectivity index (χ0v) is 25.9. The van der Waals surface area contributed by atoms with Gasteiger partial charge < -0.3 is 15.2 Å². The van der Waals surface area contributed by atoms with Gasteiger partial charge in [-0.2, -0.15) is 5.10 Å². The van der Waals surface area contributed by atoms with Crippen molar-refractivity contribution >= 4 is 22.3 Å². The largest absolute Gasteiger partial charge is 0.487 e. The van der Waals surface area contributed by atoms with Crippen LogP contribution >= 0.6 is 0 Å².